The number of thiazole rings is 1. The van der Waals surface area contributed by atoms with Gasteiger partial charge in [0.2, 0.25) is 5.13 Å². The Bertz CT molecular complexity index is 654. The molecule has 4 N–H and O–H groups in total. The minimum absolute atomic E-state index is 0.0787. The molecule has 8 heteroatoms. The van der Waals surface area contributed by atoms with E-state index in [0.717, 1.165) is 0 Å². The van der Waals surface area contributed by atoms with E-state index in [0.29, 0.717) is 16.5 Å². The van der Waals surface area contributed by atoms with E-state index in [9.17, 15) is 9.90 Å². The van der Waals surface area contributed by atoms with E-state index in [2.05, 4.69) is 20.2 Å². The van der Waals surface area contributed by atoms with Crippen molar-refractivity contribution in [3.05, 3.63) is 34.7 Å². The molecule has 0 saturated heterocycles. The highest BCUT2D eigenvalue weighted by atomic mass is 32.1. The van der Waals surface area contributed by atoms with Crippen LogP contribution < -0.4 is 11.2 Å². The van der Waals surface area contributed by atoms with Gasteiger partial charge in [0, 0.05) is 5.38 Å². The van der Waals surface area contributed by atoms with Gasteiger partial charge in [0.1, 0.15) is 17.1 Å². The van der Waals surface area contributed by atoms with Gasteiger partial charge in [-0.3, -0.25) is 5.43 Å². The average molecular weight is 292 g/mol. The molecule has 2 rings (SSSR count). The summed E-state index contributed by atoms with van der Waals surface area (Å²) in [6.45, 7) is 0. The van der Waals surface area contributed by atoms with Crippen molar-refractivity contribution in [1.29, 1.82) is 0 Å². The first-order chi connectivity index (χ1) is 9.60. The predicted molar refractivity (Wildman–Crippen MR) is 77.2 cm³/mol. The largest absolute Gasteiger partial charge is 0.507 e. The van der Waals surface area contributed by atoms with Crippen molar-refractivity contribution < 1.29 is 14.6 Å². The van der Waals surface area contributed by atoms with Gasteiger partial charge in [0.15, 0.2) is 0 Å². The molecule has 104 valence electrons. The minimum atomic E-state index is -0.613. The lowest BCUT2D eigenvalue weighted by Gasteiger charge is -2.03. The number of phenols is 1. The number of hydrazone groups is 1. The van der Waals surface area contributed by atoms with Crippen molar-refractivity contribution in [2.24, 2.45) is 5.10 Å². The van der Waals surface area contributed by atoms with Crippen LogP contribution >= 0.6 is 11.3 Å². The summed E-state index contributed by atoms with van der Waals surface area (Å²) in [4.78, 5) is 15.4. The van der Waals surface area contributed by atoms with Gasteiger partial charge < -0.3 is 15.6 Å². The van der Waals surface area contributed by atoms with Crippen LogP contribution in [-0.4, -0.2) is 29.4 Å². The number of nitrogen functional groups attached to an aromatic ring is 1. The summed E-state index contributed by atoms with van der Waals surface area (Å²) >= 11 is 1.32. The van der Waals surface area contributed by atoms with Crippen molar-refractivity contribution in [3.8, 4) is 5.75 Å². The lowest BCUT2D eigenvalue weighted by Crippen LogP contribution is -2.02. The molecule has 20 heavy (non-hydrogen) atoms. The number of carbonyl (C=O) groups is 1. The van der Waals surface area contributed by atoms with E-state index < -0.39 is 5.97 Å². The Kier molecular flexibility index (Phi) is 4.16. The third-order valence-corrected chi connectivity index (χ3v) is 3.09. The molecule has 0 aliphatic carbocycles. The highest BCUT2D eigenvalue weighted by molar-refractivity contribution is 7.14. The van der Waals surface area contributed by atoms with E-state index in [-0.39, 0.29) is 11.3 Å². The maximum absolute atomic E-state index is 11.4. The summed E-state index contributed by atoms with van der Waals surface area (Å²) in [6, 6.07) is 4.49. The predicted octanol–water partition coefficient (Wildman–Crippen LogP) is 1.66. The first-order valence-corrected chi connectivity index (χ1v) is 6.39. The Balaban J connectivity index is 2.11. The first kappa shape index (κ1) is 13.8. The third kappa shape index (κ3) is 3.23. The zero-order valence-corrected chi connectivity index (χ0v) is 11.3. The second-order valence-corrected chi connectivity index (χ2v) is 4.57. The number of hydrogen-bond acceptors (Lipinski definition) is 8. The molecule has 0 fully saturated rings. The Morgan fingerprint density at radius 3 is 3.05 bits per heavy atom. The quantitative estimate of drug-likeness (QED) is 0.449. The molecule has 2 aromatic rings. The number of aromatic hydroxyl groups is 1. The van der Waals surface area contributed by atoms with Gasteiger partial charge in [0.25, 0.3) is 0 Å². The van der Waals surface area contributed by atoms with Crippen molar-refractivity contribution in [1.82, 2.24) is 4.98 Å². The van der Waals surface area contributed by atoms with Crippen LogP contribution in [0.15, 0.2) is 28.7 Å². The van der Waals surface area contributed by atoms with Crippen LogP contribution in [0, 0.1) is 0 Å². The van der Waals surface area contributed by atoms with Gasteiger partial charge in [-0.2, -0.15) is 5.10 Å². The number of nitrogens with one attached hydrogen (secondary N) is 1. The summed E-state index contributed by atoms with van der Waals surface area (Å²) in [5.74, 6) is -0.335. The molecule has 0 amide bonds. The van der Waals surface area contributed by atoms with Gasteiger partial charge in [-0.15, -0.1) is 11.3 Å². The summed E-state index contributed by atoms with van der Waals surface area (Å²) < 4.78 is 4.57. The Labute approximate surface area is 118 Å². The fraction of sp³-hybridized carbons (Fsp3) is 0.0833. The topological polar surface area (TPSA) is 110 Å². The monoisotopic (exact) mass is 292 g/mol. The molecule has 0 unspecified atom stereocenters. The summed E-state index contributed by atoms with van der Waals surface area (Å²) in [7, 11) is 1.25. The molecular weight excluding hydrogens is 280 g/mol. The van der Waals surface area contributed by atoms with Gasteiger partial charge in [-0.25, -0.2) is 9.78 Å². The fourth-order valence-electron chi connectivity index (χ4n) is 1.41. The first-order valence-electron chi connectivity index (χ1n) is 5.51. The number of carbonyl (C=O) groups excluding carboxylic acids is 1. The van der Waals surface area contributed by atoms with Crippen LogP contribution in [0.4, 0.5) is 10.9 Å². The number of anilines is 2. The van der Waals surface area contributed by atoms with E-state index in [1.165, 1.54) is 36.8 Å². The molecule has 0 saturated carbocycles. The highest BCUT2D eigenvalue weighted by Crippen LogP contribution is 2.19. The molecule has 0 aliphatic rings. The SMILES string of the molecule is COC(=O)c1cc(C=NNc2nc(N)cs2)ccc1O. The standard InChI is InChI=1S/C12H12N4O3S/c1-19-11(18)8-4-7(2-3-9(8)17)5-14-16-12-15-10(13)6-20-12/h2-6,17H,13H2,1H3,(H,15,16). The van der Waals surface area contributed by atoms with E-state index in [4.69, 9.17) is 5.73 Å². The number of aromatic nitrogens is 1. The molecule has 1 aromatic carbocycles. The summed E-state index contributed by atoms with van der Waals surface area (Å²) in [5.41, 5.74) is 8.89. The normalized spacial score (nSPS) is 10.7. The second kappa shape index (κ2) is 6.02. The number of benzene rings is 1. The molecule has 0 atom stereocenters. The van der Waals surface area contributed by atoms with Gasteiger partial charge in [0.05, 0.1) is 13.3 Å². The van der Waals surface area contributed by atoms with Crippen LogP contribution in [0.3, 0.4) is 0 Å². The number of methoxy groups -OCH3 is 1. The number of nitrogens with zero attached hydrogens (tertiary/aromatic N) is 2. The maximum Gasteiger partial charge on any atom is 0.341 e. The summed E-state index contributed by atoms with van der Waals surface area (Å²) in [5, 5.41) is 15.8. The molecule has 0 bridgehead atoms. The summed E-state index contributed by atoms with van der Waals surface area (Å²) in [6.07, 6.45) is 1.49. The van der Waals surface area contributed by atoms with E-state index in [1.807, 2.05) is 0 Å². The van der Waals surface area contributed by atoms with Gasteiger partial charge >= 0.3 is 5.97 Å². The van der Waals surface area contributed by atoms with Crippen LogP contribution in [0.5, 0.6) is 5.75 Å². The Hall–Kier alpha value is -2.61. The molecule has 1 aromatic heterocycles. The molecule has 1 heterocycles. The van der Waals surface area contributed by atoms with Gasteiger partial charge in [-0.05, 0) is 23.8 Å². The van der Waals surface area contributed by atoms with E-state index >= 15 is 0 Å². The number of nitrogens with two attached hydrogens (primary N) is 1. The minimum Gasteiger partial charge on any atom is -0.507 e. The molecule has 0 aliphatic heterocycles. The molecule has 0 radical (unpaired) electrons. The lowest BCUT2D eigenvalue weighted by molar-refractivity contribution is 0.0597. The molecule has 7 nitrogen and oxygen atoms in total. The molecule has 0 spiro atoms. The fourth-order valence-corrected chi connectivity index (χ4v) is 1.96. The smallest absolute Gasteiger partial charge is 0.341 e. The molecular formula is C12H12N4O3S. The third-order valence-electron chi connectivity index (χ3n) is 2.32. The average Bonchev–Trinajstić information content (AvgIpc) is 2.85. The zero-order valence-electron chi connectivity index (χ0n) is 10.5. The zero-order chi connectivity index (χ0) is 14.5. The van der Waals surface area contributed by atoms with E-state index in [1.54, 1.807) is 11.4 Å². The van der Waals surface area contributed by atoms with Crippen LogP contribution in [-0.2, 0) is 4.74 Å². The highest BCUT2D eigenvalue weighted by Gasteiger charge is 2.11. The number of ether oxygens (including phenoxy) is 1. The van der Waals surface area contributed by atoms with Crippen LogP contribution in [0.25, 0.3) is 0 Å². The lowest BCUT2D eigenvalue weighted by atomic mass is 10.1. The van der Waals surface area contributed by atoms with Crippen molar-refractivity contribution in [2.45, 2.75) is 0 Å². The Morgan fingerprint density at radius 1 is 1.60 bits per heavy atom. The number of rotatable bonds is 4. The number of phenolic OH excluding ortho intramolecular Hbond substituents is 1. The van der Waals surface area contributed by atoms with Crippen molar-refractivity contribution in [2.75, 3.05) is 18.3 Å². The second-order valence-electron chi connectivity index (χ2n) is 3.72. The number of esters is 1. The van der Waals surface area contributed by atoms with Gasteiger partial charge in [-0.1, -0.05) is 0 Å². The number of hydrogen-bond donors (Lipinski definition) is 3. The van der Waals surface area contributed by atoms with Crippen molar-refractivity contribution >= 4 is 34.5 Å². The van der Waals surface area contributed by atoms with Crippen molar-refractivity contribution in [3.63, 3.8) is 0 Å². The van der Waals surface area contributed by atoms with Crippen LogP contribution in [0.1, 0.15) is 15.9 Å². The maximum atomic E-state index is 11.4. The Morgan fingerprint density at radius 2 is 2.40 bits per heavy atom. The van der Waals surface area contributed by atoms with Crippen LogP contribution in [0.2, 0.25) is 0 Å².